The average Bonchev–Trinajstić information content (AvgIpc) is 3.22. The van der Waals surface area contributed by atoms with Crippen molar-refractivity contribution in [3.05, 3.63) is 0 Å². The second kappa shape index (κ2) is 12.3. The third-order valence-corrected chi connectivity index (χ3v) is 4.90. The van der Waals surface area contributed by atoms with E-state index in [0.29, 0.717) is 12.1 Å². The van der Waals surface area contributed by atoms with Gasteiger partial charge in [-0.05, 0) is 45.4 Å². The van der Waals surface area contributed by atoms with E-state index in [2.05, 4.69) is 43.2 Å². The maximum atomic E-state index is 3.79. The maximum absolute atomic E-state index is 3.79. The predicted octanol–water partition coefficient (Wildman–Crippen LogP) is 3.79. The van der Waals surface area contributed by atoms with Crippen LogP contribution in [0.1, 0.15) is 79.1 Å². The Balaban J connectivity index is 2.34. The van der Waals surface area contributed by atoms with Crippen molar-refractivity contribution in [3.63, 3.8) is 0 Å². The molecule has 0 aromatic heterocycles. The summed E-state index contributed by atoms with van der Waals surface area (Å²) in [4.78, 5) is 2.71. The predicted molar refractivity (Wildman–Crippen MR) is 98.6 cm³/mol. The van der Waals surface area contributed by atoms with Crippen LogP contribution in [0.25, 0.3) is 0 Å². The van der Waals surface area contributed by atoms with Crippen molar-refractivity contribution in [1.29, 1.82) is 0 Å². The highest BCUT2D eigenvalue weighted by molar-refractivity contribution is 5.15. The second-order valence-corrected chi connectivity index (χ2v) is 6.85. The Hall–Kier alpha value is -0.120. The van der Waals surface area contributed by atoms with E-state index >= 15 is 0 Å². The first-order chi connectivity index (χ1) is 10.8. The van der Waals surface area contributed by atoms with Crippen LogP contribution in [0.3, 0.4) is 0 Å². The van der Waals surface area contributed by atoms with Crippen LogP contribution in [0.5, 0.6) is 0 Å². The van der Waals surface area contributed by atoms with E-state index in [1.807, 2.05) is 0 Å². The Morgan fingerprint density at radius 2 is 1.32 bits per heavy atom. The molecule has 1 aliphatic carbocycles. The summed E-state index contributed by atoms with van der Waals surface area (Å²) in [6, 6.07) is 2.07. The summed E-state index contributed by atoms with van der Waals surface area (Å²) in [6.07, 6.45) is 10.7. The summed E-state index contributed by atoms with van der Waals surface area (Å²) in [5, 5.41) is 7.54. The summed E-state index contributed by atoms with van der Waals surface area (Å²) >= 11 is 0. The molecule has 0 bridgehead atoms. The number of hydrogen-bond donors (Lipinski definition) is 2. The first-order valence-electron chi connectivity index (χ1n) is 10.0. The first-order valence-corrected chi connectivity index (χ1v) is 10.0. The Labute approximate surface area is 139 Å². The molecule has 0 heterocycles. The molecular weight excluding hydrogens is 270 g/mol. The van der Waals surface area contributed by atoms with Gasteiger partial charge < -0.3 is 10.6 Å². The monoisotopic (exact) mass is 311 g/mol. The topological polar surface area (TPSA) is 27.3 Å². The summed E-state index contributed by atoms with van der Waals surface area (Å²) in [6.45, 7) is 13.9. The van der Waals surface area contributed by atoms with Crippen molar-refractivity contribution in [2.75, 3.05) is 26.2 Å². The van der Waals surface area contributed by atoms with Gasteiger partial charge in [-0.2, -0.15) is 0 Å². The summed E-state index contributed by atoms with van der Waals surface area (Å²) in [7, 11) is 0. The molecule has 1 saturated carbocycles. The number of nitrogens with one attached hydrogen (secondary N) is 2. The highest BCUT2D eigenvalue weighted by atomic mass is 15.3. The standard InChI is InChI=1S/C19H41N3/c1-5-9-11-12-13-16-22(8-4)19-17(20-14-7-3)18(19)21-15-10-6-2/h17-21H,5-16H2,1-4H3. The number of nitrogens with zero attached hydrogens (tertiary/aromatic N) is 1. The minimum absolute atomic E-state index is 0.674. The summed E-state index contributed by atoms with van der Waals surface area (Å²) in [5.41, 5.74) is 0. The van der Waals surface area contributed by atoms with E-state index in [1.165, 1.54) is 71.0 Å². The van der Waals surface area contributed by atoms with Crippen molar-refractivity contribution in [2.24, 2.45) is 0 Å². The SMILES string of the molecule is CCCCCCCN(CC)C1C(NCCC)C1NCCCC. The Morgan fingerprint density at radius 3 is 1.91 bits per heavy atom. The van der Waals surface area contributed by atoms with Gasteiger partial charge in [-0.25, -0.2) is 0 Å². The maximum Gasteiger partial charge on any atom is 0.0434 e. The van der Waals surface area contributed by atoms with Crippen LogP contribution in [0.15, 0.2) is 0 Å². The summed E-state index contributed by atoms with van der Waals surface area (Å²) in [5.74, 6) is 0. The van der Waals surface area contributed by atoms with Gasteiger partial charge in [0, 0.05) is 18.1 Å². The van der Waals surface area contributed by atoms with E-state index in [4.69, 9.17) is 0 Å². The molecule has 3 heteroatoms. The fourth-order valence-corrected chi connectivity index (χ4v) is 3.44. The van der Waals surface area contributed by atoms with E-state index in [0.717, 1.165) is 12.6 Å². The molecule has 3 unspecified atom stereocenters. The molecule has 0 aromatic rings. The van der Waals surface area contributed by atoms with E-state index in [9.17, 15) is 0 Å². The molecular formula is C19H41N3. The van der Waals surface area contributed by atoms with Crippen LogP contribution >= 0.6 is 0 Å². The third-order valence-electron chi connectivity index (χ3n) is 4.90. The van der Waals surface area contributed by atoms with Gasteiger partial charge in [0.2, 0.25) is 0 Å². The van der Waals surface area contributed by atoms with Gasteiger partial charge in [-0.15, -0.1) is 0 Å². The highest BCUT2D eigenvalue weighted by Gasteiger charge is 2.52. The number of rotatable bonds is 15. The zero-order valence-corrected chi connectivity index (χ0v) is 15.7. The number of unbranched alkanes of at least 4 members (excludes halogenated alkanes) is 5. The molecule has 0 spiro atoms. The Kier molecular flexibility index (Phi) is 11.2. The Bertz CT molecular complexity index is 257. The quantitative estimate of drug-likeness (QED) is 0.451. The normalized spacial score (nSPS) is 24.1. The fraction of sp³-hybridized carbons (Fsp3) is 1.00. The highest BCUT2D eigenvalue weighted by Crippen LogP contribution is 2.29. The fourth-order valence-electron chi connectivity index (χ4n) is 3.44. The van der Waals surface area contributed by atoms with Crippen molar-refractivity contribution in [3.8, 4) is 0 Å². The molecule has 1 fully saturated rings. The van der Waals surface area contributed by atoms with Gasteiger partial charge in [0.25, 0.3) is 0 Å². The lowest BCUT2D eigenvalue weighted by Crippen LogP contribution is -2.34. The van der Waals surface area contributed by atoms with Crippen LogP contribution in [0, 0.1) is 0 Å². The van der Waals surface area contributed by atoms with Gasteiger partial charge in [0.05, 0.1) is 0 Å². The van der Waals surface area contributed by atoms with E-state index in [1.54, 1.807) is 0 Å². The van der Waals surface area contributed by atoms with Gasteiger partial charge in [0.15, 0.2) is 0 Å². The van der Waals surface area contributed by atoms with Gasteiger partial charge in [-0.1, -0.05) is 59.8 Å². The van der Waals surface area contributed by atoms with Crippen molar-refractivity contribution >= 4 is 0 Å². The van der Waals surface area contributed by atoms with Crippen LogP contribution in [0.2, 0.25) is 0 Å². The van der Waals surface area contributed by atoms with Crippen LogP contribution in [-0.2, 0) is 0 Å². The zero-order chi connectivity index (χ0) is 16.2. The molecule has 2 N–H and O–H groups in total. The van der Waals surface area contributed by atoms with Crippen molar-refractivity contribution in [1.82, 2.24) is 15.5 Å². The van der Waals surface area contributed by atoms with Crippen LogP contribution in [-0.4, -0.2) is 49.2 Å². The van der Waals surface area contributed by atoms with Crippen LogP contribution in [0.4, 0.5) is 0 Å². The molecule has 0 amide bonds. The molecule has 3 atom stereocenters. The van der Waals surface area contributed by atoms with Gasteiger partial charge in [0.1, 0.15) is 0 Å². The van der Waals surface area contributed by atoms with Gasteiger partial charge in [-0.3, -0.25) is 4.90 Å². The lowest BCUT2D eigenvalue weighted by Gasteiger charge is -2.21. The molecule has 132 valence electrons. The molecule has 0 radical (unpaired) electrons. The molecule has 1 rings (SSSR count). The molecule has 0 aromatic carbocycles. The average molecular weight is 312 g/mol. The molecule has 0 saturated heterocycles. The van der Waals surface area contributed by atoms with Crippen molar-refractivity contribution < 1.29 is 0 Å². The third kappa shape index (κ3) is 6.97. The Morgan fingerprint density at radius 1 is 0.682 bits per heavy atom. The van der Waals surface area contributed by atoms with E-state index < -0.39 is 0 Å². The van der Waals surface area contributed by atoms with Gasteiger partial charge >= 0.3 is 0 Å². The minimum atomic E-state index is 0.674. The molecule has 0 aliphatic heterocycles. The largest absolute Gasteiger partial charge is 0.311 e. The van der Waals surface area contributed by atoms with E-state index in [-0.39, 0.29) is 0 Å². The molecule has 22 heavy (non-hydrogen) atoms. The number of likely N-dealkylation sites (N-methyl/N-ethyl adjacent to an activating group) is 1. The first kappa shape index (κ1) is 19.9. The minimum Gasteiger partial charge on any atom is -0.311 e. The lowest BCUT2D eigenvalue weighted by atomic mass is 10.1. The van der Waals surface area contributed by atoms with Crippen molar-refractivity contribution in [2.45, 2.75) is 97.2 Å². The molecule has 1 aliphatic rings. The molecule has 3 nitrogen and oxygen atoms in total. The number of hydrogen-bond acceptors (Lipinski definition) is 3. The second-order valence-electron chi connectivity index (χ2n) is 6.85. The van der Waals surface area contributed by atoms with Crippen LogP contribution < -0.4 is 10.6 Å². The lowest BCUT2D eigenvalue weighted by molar-refractivity contribution is 0.254. The summed E-state index contributed by atoms with van der Waals surface area (Å²) < 4.78 is 0. The zero-order valence-electron chi connectivity index (χ0n) is 15.7. The smallest absolute Gasteiger partial charge is 0.0434 e.